The lowest BCUT2D eigenvalue weighted by Crippen LogP contribution is -2.11. The van der Waals surface area contributed by atoms with Crippen LogP contribution >= 0.6 is 34.5 Å². The molecular weight excluding hydrogens is 339 g/mol. The van der Waals surface area contributed by atoms with Crippen LogP contribution in [0.4, 0.5) is 5.13 Å². The zero-order chi connectivity index (χ0) is 15.5. The number of thiazole rings is 1. The van der Waals surface area contributed by atoms with Crippen LogP contribution in [-0.2, 0) is 0 Å². The molecular formula is C16H10Cl2N2OS. The monoisotopic (exact) mass is 348 g/mol. The topological polar surface area (TPSA) is 42.0 Å². The minimum Gasteiger partial charge on any atom is -0.298 e. The van der Waals surface area contributed by atoms with Crippen LogP contribution in [0.1, 0.15) is 10.4 Å². The Morgan fingerprint density at radius 3 is 2.55 bits per heavy atom. The summed E-state index contributed by atoms with van der Waals surface area (Å²) in [5, 5.41) is 6.39. The molecule has 0 spiro atoms. The van der Waals surface area contributed by atoms with E-state index in [-0.39, 0.29) is 5.91 Å². The van der Waals surface area contributed by atoms with Gasteiger partial charge in [0.2, 0.25) is 0 Å². The third-order valence-corrected chi connectivity index (χ3v) is 4.20. The highest BCUT2D eigenvalue weighted by Crippen LogP contribution is 2.26. The summed E-state index contributed by atoms with van der Waals surface area (Å²) < 4.78 is 0. The fourth-order valence-electron chi connectivity index (χ4n) is 1.88. The number of carbonyl (C=O) groups excluding carboxylic acids is 1. The standard InChI is InChI=1S/C16H10Cl2N2OS/c17-12-6-4-10(5-7-12)14-9-22-16(19-14)20-15(21)11-2-1-3-13(18)8-11/h1-9H,(H,19,20,21). The van der Waals surface area contributed by atoms with Crippen LogP contribution in [0, 0.1) is 0 Å². The summed E-state index contributed by atoms with van der Waals surface area (Å²) in [7, 11) is 0. The van der Waals surface area contributed by atoms with Crippen molar-refractivity contribution in [3.63, 3.8) is 0 Å². The molecule has 3 rings (SSSR count). The Kier molecular flexibility index (Phi) is 4.43. The van der Waals surface area contributed by atoms with E-state index in [9.17, 15) is 4.79 Å². The molecule has 0 aliphatic rings. The molecule has 0 fully saturated rings. The minimum atomic E-state index is -0.237. The average Bonchev–Trinajstić information content (AvgIpc) is 2.96. The molecule has 0 bridgehead atoms. The van der Waals surface area contributed by atoms with Crippen LogP contribution in [0.15, 0.2) is 53.9 Å². The molecule has 3 nitrogen and oxygen atoms in total. The molecule has 0 saturated carbocycles. The van der Waals surface area contributed by atoms with Gasteiger partial charge in [0.25, 0.3) is 5.91 Å². The summed E-state index contributed by atoms with van der Waals surface area (Å²) in [6, 6.07) is 14.2. The quantitative estimate of drug-likeness (QED) is 0.691. The zero-order valence-electron chi connectivity index (χ0n) is 11.2. The van der Waals surface area contributed by atoms with Crippen LogP contribution in [0.25, 0.3) is 11.3 Å². The first kappa shape index (κ1) is 15.0. The largest absolute Gasteiger partial charge is 0.298 e. The average molecular weight is 349 g/mol. The van der Waals surface area contributed by atoms with Gasteiger partial charge >= 0.3 is 0 Å². The molecule has 0 atom stereocenters. The van der Waals surface area contributed by atoms with Crippen molar-refractivity contribution in [3.8, 4) is 11.3 Å². The molecule has 0 saturated heterocycles. The molecule has 0 aliphatic heterocycles. The van der Waals surface area contributed by atoms with Crippen LogP contribution < -0.4 is 5.32 Å². The molecule has 0 unspecified atom stereocenters. The maximum absolute atomic E-state index is 12.1. The summed E-state index contributed by atoms with van der Waals surface area (Å²) in [6.45, 7) is 0. The fraction of sp³-hybridized carbons (Fsp3) is 0. The lowest BCUT2D eigenvalue weighted by atomic mass is 10.2. The predicted molar refractivity (Wildman–Crippen MR) is 92.0 cm³/mol. The molecule has 0 aliphatic carbocycles. The highest BCUT2D eigenvalue weighted by Gasteiger charge is 2.10. The van der Waals surface area contributed by atoms with Crippen LogP contribution in [0.5, 0.6) is 0 Å². The number of hydrogen-bond donors (Lipinski definition) is 1. The second-order valence-electron chi connectivity index (χ2n) is 4.51. The lowest BCUT2D eigenvalue weighted by molar-refractivity contribution is 0.102. The Morgan fingerprint density at radius 2 is 1.82 bits per heavy atom. The Morgan fingerprint density at radius 1 is 1.05 bits per heavy atom. The van der Waals surface area contributed by atoms with Crippen LogP contribution in [-0.4, -0.2) is 10.9 Å². The van der Waals surface area contributed by atoms with Gasteiger partial charge in [-0.15, -0.1) is 11.3 Å². The van der Waals surface area contributed by atoms with Crippen molar-refractivity contribution in [2.75, 3.05) is 5.32 Å². The predicted octanol–water partition coefficient (Wildman–Crippen LogP) is 5.37. The molecule has 1 aromatic heterocycles. The number of carbonyl (C=O) groups is 1. The maximum Gasteiger partial charge on any atom is 0.257 e. The van der Waals surface area contributed by atoms with Crippen molar-refractivity contribution >= 4 is 45.6 Å². The SMILES string of the molecule is O=C(Nc1nc(-c2ccc(Cl)cc2)cs1)c1cccc(Cl)c1. The molecule has 6 heteroatoms. The number of rotatable bonds is 3. The minimum absolute atomic E-state index is 0.237. The second kappa shape index (κ2) is 6.48. The summed E-state index contributed by atoms with van der Waals surface area (Å²) in [5.74, 6) is -0.237. The number of nitrogens with zero attached hydrogens (tertiary/aromatic N) is 1. The van der Waals surface area contributed by atoms with Gasteiger partial charge in [-0.2, -0.15) is 0 Å². The molecule has 22 heavy (non-hydrogen) atoms. The summed E-state index contributed by atoms with van der Waals surface area (Å²) in [6.07, 6.45) is 0. The van der Waals surface area contributed by atoms with Crippen molar-refractivity contribution in [1.82, 2.24) is 4.98 Å². The first-order valence-electron chi connectivity index (χ1n) is 6.40. The Labute approximate surface area is 141 Å². The summed E-state index contributed by atoms with van der Waals surface area (Å²) in [5.41, 5.74) is 2.24. The highest BCUT2D eigenvalue weighted by molar-refractivity contribution is 7.14. The van der Waals surface area contributed by atoms with Crippen molar-refractivity contribution in [2.24, 2.45) is 0 Å². The van der Waals surface area contributed by atoms with Crippen molar-refractivity contribution in [2.45, 2.75) is 0 Å². The Hall–Kier alpha value is -1.88. The van der Waals surface area contributed by atoms with E-state index in [0.717, 1.165) is 11.3 Å². The first-order valence-corrected chi connectivity index (χ1v) is 8.04. The molecule has 1 heterocycles. The number of halogens is 2. The molecule has 2 aromatic carbocycles. The van der Waals surface area contributed by atoms with E-state index in [1.807, 2.05) is 17.5 Å². The smallest absolute Gasteiger partial charge is 0.257 e. The maximum atomic E-state index is 12.1. The first-order chi connectivity index (χ1) is 10.6. The zero-order valence-corrected chi connectivity index (χ0v) is 13.5. The van der Waals surface area contributed by atoms with Gasteiger partial charge in [0.05, 0.1) is 5.69 Å². The van der Waals surface area contributed by atoms with Gasteiger partial charge in [-0.3, -0.25) is 10.1 Å². The van der Waals surface area contributed by atoms with E-state index >= 15 is 0 Å². The van der Waals surface area contributed by atoms with Crippen molar-refractivity contribution < 1.29 is 4.79 Å². The summed E-state index contributed by atoms with van der Waals surface area (Å²) >= 11 is 13.1. The molecule has 3 aromatic rings. The van der Waals surface area contributed by atoms with E-state index in [4.69, 9.17) is 23.2 Å². The lowest BCUT2D eigenvalue weighted by Gasteiger charge is -2.02. The molecule has 1 amide bonds. The van der Waals surface area contributed by atoms with E-state index in [1.54, 1.807) is 36.4 Å². The van der Waals surface area contributed by atoms with Gasteiger partial charge in [0.15, 0.2) is 5.13 Å². The van der Waals surface area contributed by atoms with Crippen LogP contribution in [0.2, 0.25) is 10.0 Å². The van der Waals surface area contributed by atoms with Gasteiger partial charge in [-0.1, -0.05) is 41.4 Å². The molecule has 110 valence electrons. The van der Waals surface area contributed by atoms with Gasteiger partial charge < -0.3 is 0 Å². The van der Waals surface area contributed by atoms with E-state index in [0.29, 0.717) is 20.7 Å². The number of hydrogen-bond acceptors (Lipinski definition) is 3. The van der Waals surface area contributed by atoms with Gasteiger partial charge in [0, 0.05) is 26.6 Å². The Bertz CT molecular complexity index is 815. The molecule has 0 radical (unpaired) electrons. The van der Waals surface area contributed by atoms with Crippen molar-refractivity contribution in [1.29, 1.82) is 0 Å². The number of benzene rings is 2. The van der Waals surface area contributed by atoms with E-state index < -0.39 is 0 Å². The fourth-order valence-corrected chi connectivity index (χ4v) is 2.91. The van der Waals surface area contributed by atoms with E-state index in [2.05, 4.69) is 10.3 Å². The molecule has 1 N–H and O–H groups in total. The number of nitrogens with one attached hydrogen (secondary N) is 1. The van der Waals surface area contributed by atoms with Gasteiger partial charge in [-0.25, -0.2) is 4.98 Å². The number of amides is 1. The third kappa shape index (κ3) is 3.47. The highest BCUT2D eigenvalue weighted by atomic mass is 35.5. The third-order valence-electron chi connectivity index (χ3n) is 2.95. The number of anilines is 1. The number of aromatic nitrogens is 1. The second-order valence-corrected chi connectivity index (χ2v) is 6.24. The van der Waals surface area contributed by atoms with Crippen LogP contribution in [0.3, 0.4) is 0 Å². The van der Waals surface area contributed by atoms with E-state index in [1.165, 1.54) is 11.3 Å². The Balaban J connectivity index is 1.77. The van der Waals surface area contributed by atoms with Gasteiger partial charge in [-0.05, 0) is 30.3 Å². The van der Waals surface area contributed by atoms with Gasteiger partial charge in [0.1, 0.15) is 0 Å². The summed E-state index contributed by atoms with van der Waals surface area (Å²) in [4.78, 5) is 16.5. The van der Waals surface area contributed by atoms with Crippen molar-refractivity contribution in [3.05, 3.63) is 69.5 Å². The normalized spacial score (nSPS) is 10.5.